The van der Waals surface area contributed by atoms with Crippen LogP contribution in [0.3, 0.4) is 0 Å². The molecule has 1 N–H and O–H groups in total. The van der Waals surface area contributed by atoms with E-state index in [4.69, 9.17) is 0 Å². The Morgan fingerprint density at radius 2 is 2.31 bits per heavy atom. The highest BCUT2D eigenvalue weighted by molar-refractivity contribution is 5.13. The molecule has 0 bridgehead atoms. The summed E-state index contributed by atoms with van der Waals surface area (Å²) in [7, 11) is 0. The lowest BCUT2D eigenvalue weighted by molar-refractivity contribution is 0.397. The van der Waals surface area contributed by atoms with Gasteiger partial charge in [0.1, 0.15) is 0 Å². The van der Waals surface area contributed by atoms with E-state index < -0.39 is 0 Å². The molecule has 2 heteroatoms. The van der Waals surface area contributed by atoms with E-state index in [1.54, 1.807) is 0 Å². The SMILES string of the molecule is CCCC1(CNC(C)c2cccnc2)CC1. The Labute approximate surface area is 98.5 Å². The molecule has 0 spiro atoms. The van der Waals surface area contributed by atoms with Crippen LogP contribution in [-0.2, 0) is 0 Å². The van der Waals surface area contributed by atoms with Gasteiger partial charge in [-0.05, 0) is 43.2 Å². The van der Waals surface area contributed by atoms with Crippen LogP contribution in [0, 0.1) is 5.41 Å². The topological polar surface area (TPSA) is 24.9 Å². The Kier molecular flexibility index (Phi) is 3.59. The van der Waals surface area contributed by atoms with E-state index in [-0.39, 0.29) is 0 Å². The van der Waals surface area contributed by atoms with Crippen molar-refractivity contribution in [3.8, 4) is 0 Å². The molecule has 1 aromatic heterocycles. The van der Waals surface area contributed by atoms with Gasteiger partial charge in [0.15, 0.2) is 0 Å². The van der Waals surface area contributed by atoms with Crippen LogP contribution in [0.15, 0.2) is 24.5 Å². The van der Waals surface area contributed by atoms with Gasteiger partial charge >= 0.3 is 0 Å². The van der Waals surface area contributed by atoms with Crippen LogP contribution in [0.1, 0.15) is 51.1 Å². The summed E-state index contributed by atoms with van der Waals surface area (Å²) in [5, 5.41) is 3.65. The van der Waals surface area contributed by atoms with E-state index in [2.05, 4.69) is 30.2 Å². The summed E-state index contributed by atoms with van der Waals surface area (Å²) >= 11 is 0. The van der Waals surface area contributed by atoms with Crippen LogP contribution in [0.4, 0.5) is 0 Å². The van der Waals surface area contributed by atoms with Gasteiger partial charge in [-0.2, -0.15) is 0 Å². The van der Waals surface area contributed by atoms with E-state index in [0.717, 1.165) is 6.54 Å². The normalized spacial score (nSPS) is 19.4. The van der Waals surface area contributed by atoms with Gasteiger partial charge in [-0.15, -0.1) is 0 Å². The number of hydrogen-bond acceptors (Lipinski definition) is 2. The molecule has 0 radical (unpaired) electrons. The highest BCUT2D eigenvalue weighted by Gasteiger charge is 2.41. The van der Waals surface area contributed by atoms with Crippen LogP contribution < -0.4 is 5.32 Å². The number of pyridine rings is 1. The molecule has 1 aromatic rings. The molecular weight excluding hydrogens is 196 g/mol. The lowest BCUT2D eigenvalue weighted by Crippen LogP contribution is -2.26. The number of aromatic nitrogens is 1. The minimum absolute atomic E-state index is 0.419. The summed E-state index contributed by atoms with van der Waals surface area (Å²) in [6, 6.07) is 4.57. The van der Waals surface area contributed by atoms with Crippen molar-refractivity contribution in [1.29, 1.82) is 0 Å². The Hall–Kier alpha value is -0.890. The Bertz CT molecular complexity index is 317. The second-order valence-electron chi connectivity index (χ2n) is 5.14. The first-order chi connectivity index (χ1) is 7.76. The van der Waals surface area contributed by atoms with Crippen LogP contribution in [-0.4, -0.2) is 11.5 Å². The van der Waals surface area contributed by atoms with Crippen molar-refractivity contribution >= 4 is 0 Å². The predicted octanol–water partition coefficient (Wildman–Crippen LogP) is 3.31. The molecule has 1 unspecified atom stereocenters. The van der Waals surface area contributed by atoms with Crippen LogP contribution in [0.25, 0.3) is 0 Å². The number of nitrogens with one attached hydrogen (secondary N) is 1. The first-order valence-corrected chi connectivity index (χ1v) is 6.39. The second-order valence-corrected chi connectivity index (χ2v) is 5.14. The Morgan fingerprint density at radius 1 is 1.50 bits per heavy atom. The standard InChI is InChI=1S/C14H22N2/c1-3-6-14(7-8-14)11-16-12(2)13-5-4-9-15-10-13/h4-5,9-10,12,16H,3,6-8,11H2,1-2H3. The van der Waals surface area contributed by atoms with Gasteiger partial charge in [0, 0.05) is 25.0 Å². The smallest absolute Gasteiger partial charge is 0.0315 e. The molecular formula is C14H22N2. The fourth-order valence-electron chi connectivity index (χ4n) is 2.34. The summed E-state index contributed by atoms with van der Waals surface area (Å²) in [4.78, 5) is 4.16. The highest BCUT2D eigenvalue weighted by Crippen LogP contribution is 2.49. The van der Waals surface area contributed by atoms with E-state index in [1.807, 2.05) is 18.5 Å². The molecule has 1 heterocycles. The third kappa shape index (κ3) is 2.82. The maximum atomic E-state index is 4.16. The van der Waals surface area contributed by atoms with Crippen molar-refractivity contribution in [3.63, 3.8) is 0 Å². The van der Waals surface area contributed by atoms with Crippen LogP contribution in [0.5, 0.6) is 0 Å². The minimum atomic E-state index is 0.419. The maximum absolute atomic E-state index is 4.16. The van der Waals surface area contributed by atoms with Crippen molar-refractivity contribution in [2.45, 2.75) is 45.6 Å². The number of rotatable bonds is 6. The average Bonchev–Trinajstić information content (AvgIpc) is 3.08. The lowest BCUT2D eigenvalue weighted by Gasteiger charge is -2.19. The molecule has 1 aliphatic rings. The fourth-order valence-corrected chi connectivity index (χ4v) is 2.34. The van der Waals surface area contributed by atoms with Crippen molar-refractivity contribution in [3.05, 3.63) is 30.1 Å². The third-order valence-electron chi connectivity index (χ3n) is 3.71. The molecule has 88 valence electrons. The van der Waals surface area contributed by atoms with Crippen molar-refractivity contribution < 1.29 is 0 Å². The van der Waals surface area contributed by atoms with E-state index in [0.29, 0.717) is 11.5 Å². The summed E-state index contributed by atoms with van der Waals surface area (Å²) in [5.41, 5.74) is 1.92. The lowest BCUT2D eigenvalue weighted by atomic mass is 10.00. The van der Waals surface area contributed by atoms with Crippen LogP contribution >= 0.6 is 0 Å². The summed E-state index contributed by atoms with van der Waals surface area (Å²) in [5.74, 6) is 0. The molecule has 1 aliphatic carbocycles. The van der Waals surface area contributed by atoms with E-state index in [1.165, 1.54) is 31.2 Å². The Morgan fingerprint density at radius 3 is 2.88 bits per heavy atom. The molecule has 0 saturated heterocycles. The van der Waals surface area contributed by atoms with Gasteiger partial charge in [0.25, 0.3) is 0 Å². The first-order valence-electron chi connectivity index (χ1n) is 6.39. The van der Waals surface area contributed by atoms with Crippen molar-refractivity contribution in [1.82, 2.24) is 10.3 Å². The van der Waals surface area contributed by atoms with Gasteiger partial charge in [0.2, 0.25) is 0 Å². The van der Waals surface area contributed by atoms with Crippen molar-refractivity contribution in [2.24, 2.45) is 5.41 Å². The van der Waals surface area contributed by atoms with Gasteiger partial charge < -0.3 is 5.32 Å². The second kappa shape index (κ2) is 4.96. The zero-order valence-corrected chi connectivity index (χ0v) is 10.4. The predicted molar refractivity (Wildman–Crippen MR) is 67.2 cm³/mol. The highest BCUT2D eigenvalue weighted by atomic mass is 14.9. The monoisotopic (exact) mass is 218 g/mol. The first kappa shape index (κ1) is 11.6. The minimum Gasteiger partial charge on any atom is -0.310 e. The summed E-state index contributed by atoms with van der Waals surface area (Å²) in [6.45, 7) is 5.67. The molecule has 1 fully saturated rings. The fraction of sp³-hybridized carbons (Fsp3) is 0.643. The number of nitrogens with zero attached hydrogens (tertiary/aromatic N) is 1. The maximum Gasteiger partial charge on any atom is 0.0315 e. The van der Waals surface area contributed by atoms with E-state index in [9.17, 15) is 0 Å². The van der Waals surface area contributed by atoms with E-state index >= 15 is 0 Å². The van der Waals surface area contributed by atoms with Gasteiger partial charge in [-0.3, -0.25) is 4.98 Å². The molecule has 0 amide bonds. The molecule has 2 nitrogen and oxygen atoms in total. The third-order valence-corrected chi connectivity index (χ3v) is 3.71. The van der Waals surface area contributed by atoms with Gasteiger partial charge in [0.05, 0.1) is 0 Å². The Balaban J connectivity index is 1.82. The van der Waals surface area contributed by atoms with Crippen LogP contribution in [0.2, 0.25) is 0 Å². The molecule has 2 rings (SSSR count). The molecule has 0 aliphatic heterocycles. The quantitative estimate of drug-likeness (QED) is 0.792. The molecule has 1 atom stereocenters. The average molecular weight is 218 g/mol. The molecule has 0 aromatic carbocycles. The number of hydrogen-bond donors (Lipinski definition) is 1. The largest absolute Gasteiger partial charge is 0.310 e. The summed E-state index contributed by atoms with van der Waals surface area (Å²) in [6.07, 6.45) is 9.29. The summed E-state index contributed by atoms with van der Waals surface area (Å²) < 4.78 is 0. The van der Waals surface area contributed by atoms with Gasteiger partial charge in [-0.1, -0.05) is 19.4 Å². The van der Waals surface area contributed by atoms with Gasteiger partial charge in [-0.25, -0.2) is 0 Å². The molecule has 1 saturated carbocycles. The zero-order valence-electron chi connectivity index (χ0n) is 10.4. The van der Waals surface area contributed by atoms with Crippen molar-refractivity contribution in [2.75, 3.05) is 6.54 Å². The zero-order chi connectivity index (χ0) is 11.4. The molecule has 16 heavy (non-hydrogen) atoms.